The molecule has 16 fully saturated rings. The van der Waals surface area contributed by atoms with Crippen LogP contribution in [0.15, 0.2) is 0 Å². The normalized spacial score (nSPS) is 41.2. The molecular weight excluding hydrogens is 1600 g/mol. The Balaban J connectivity index is 0.000000151. The van der Waals surface area contributed by atoms with Gasteiger partial charge in [0.15, 0.2) is 6.61 Å². The summed E-state index contributed by atoms with van der Waals surface area (Å²) < 4.78 is 55.9. The molecule has 15 saturated carbocycles. The van der Waals surface area contributed by atoms with Crippen LogP contribution in [-0.4, -0.2) is 174 Å². The van der Waals surface area contributed by atoms with Crippen molar-refractivity contribution in [1.29, 1.82) is 0 Å². The van der Waals surface area contributed by atoms with E-state index in [1.807, 2.05) is 6.92 Å². The van der Waals surface area contributed by atoms with E-state index >= 15 is 0 Å². The Labute approximate surface area is 733 Å². The molecule has 0 aromatic rings. The van der Waals surface area contributed by atoms with Gasteiger partial charge >= 0.3 is 47.8 Å². The van der Waals surface area contributed by atoms with Gasteiger partial charge in [0.1, 0.15) is 38.5 Å². The van der Waals surface area contributed by atoms with Gasteiger partial charge in [-0.3, -0.25) is 56.9 Å². The highest BCUT2D eigenvalue weighted by atomic mass is 32.2. The van der Waals surface area contributed by atoms with Crippen molar-refractivity contribution in [3.63, 3.8) is 0 Å². The molecule has 16 rings (SSSR count). The van der Waals surface area contributed by atoms with Gasteiger partial charge in [-0.1, -0.05) is 116 Å². The first kappa shape index (κ1) is 99.3. The number of rotatable bonds is 26. The van der Waals surface area contributed by atoms with Crippen LogP contribution in [0.1, 0.15) is 239 Å². The molecule has 698 valence electrons. The van der Waals surface area contributed by atoms with Gasteiger partial charge in [-0.2, -0.15) is 0 Å². The first-order valence-electron chi connectivity index (χ1n) is 47.6. The quantitative estimate of drug-likeness (QED) is 0.0240. The van der Waals surface area contributed by atoms with Crippen molar-refractivity contribution in [2.75, 3.05) is 66.0 Å². The second-order valence-electron chi connectivity index (χ2n) is 41.1. The molecule has 0 aromatic carbocycles. The number of cyclic esters (lactones) is 1. The second kappa shape index (κ2) is 44.9. The van der Waals surface area contributed by atoms with Gasteiger partial charge < -0.3 is 64.2 Å². The van der Waals surface area contributed by atoms with Crippen LogP contribution in [-0.2, 0) is 101 Å². The molecule has 0 aromatic heterocycles. The molecule has 1 saturated heterocycles. The Morgan fingerprint density at radius 1 is 0.415 bits per heavy atom. The zero-order chi connectivity index (χ0) is 89.9. The minimum atomic E-state index is -1.67. The first-order chi connectivity index (χ1) is 58.3. The summed E-state index contributed by atoms with van der Waals surface area (Å²) in [7, 11) is 0. The number of esters is 5. The average Bonchev–Trinajstić information content (AvgIpc) is 1.67. The Bertz CT molecular complexity index is 3540. The third-order valence-electron chi connectivity index (χ3n) is 35.4. The lowest BCUT2D eigenvalue weighted by atomic mass is 9.75. The van der Waals surface area contributed by atoms with Crippen molar-refractivity contribution in [1.82, 2.24) is 15.4 Å². The van der Waals surface area contributed by atoms with Gasteiger partial charge in [0.05, 0.1) is 62.6 Å². The standard InChI is InChI=1S/C16H27NO3S.C14H20O4.C14H24O4.C14H24O3.C13H21NO3.C12H19NO3.C12H18O4/c1-10-11(2)14-8-12(10)9-15(14)16(18)17-21(19)20-13-6-4-3-5-7-13;1-7-8(2)11-3-9(7)4-12(11)14(16)18-10-5-13(15)17-6-10;1-9-10(2)12-7-11(9)8-13(12)14(16)18-6-5-17-4-3-15;1-4-16-5-6-17-14(15)13-8-11-7-12(13)10(3)9(11)2;1-6-7(2)10-4-9(6)5-11(10)12(15)14-8(3)13(16)17;1-6-7(2)9-3-8(6)4-10(9)12(16)13-5-11(14)15;1-6-7(2)9-3-8(6)4-10(9)12(15)16-5-11(13)14/h10-15H,3-9H2,1-2H3,(H,17,18);7-12H,3-6H2,1-2H3;9-13,15H,3-8H2,1-2H3;9-13H,4-8H2,1-3H3;6-11H,4-5H2,1-3H3,(H,14,15)(H,16,17);6-10H,3-5H2,1-2H3,(H,13,16)(H,14,15);6-10H,3-5H2,1-2H3,(H,13,14). The third-order valence-corrected chi connectivity index (χ3v) is 36.2. The fourth-order valence-electron chi connectivity index (χ4n) is 26.7. The van der Waals surface area contributed by atoms with Gasteiger partial charge in [-0.15, -0.1) is 0 Å². The zero-order valence-electron chi connectivity index (χ0n) is 76.5. The van der Waals surface area contributed by atoms with E-state index in [-0.39, 0.29) is 127 Å². The number of aliphatic carboxylic acids is 3. The van der Waals surface area contributed by atoms with E-state index in [0.29, 0.717) is 176 Å². The number of fused-ring (bicyclic) bond motifs is 14. The van der Waals surface area contributed by atoms with Gasteiger partial charge in [-0.05, 0) is 282 Å². The van der Waals surface area contributed by atoms with E-state index in [1.165, 1.54) is 32.6 Å². The highest BCUT2D eigenvalue weighted by Crippen LogP contribution is 2.61. The van der Waals surface area contributed by atoms with Crippen molar-refractivity contribution in [3.05, 3.63) is 0 Å². The molecule has 38 atom stereocenters. The topological polar surface area (TPSA) is 396 Å². The highest BCUT2D eigenvalue weighted by molar-refractivity contribution is 7.78. The van der Waals surface area contributed by atoms with Crippen LogP contribution >= 0.6 is 0 Å². The number of hydrogen-bond acceptors (Lipinski definition) is 21. The Hall–Kier alpha value is -5.84. The van der Waals surface area contributed by atoms with Crippen molar-refractivity contribution in [3.8, 4) is 0 Å². The number of ether oxygens (including phenoxy) is 7. The molecule has 0 radical (unpaired) electrons. The lowest BCUT2D eigenvalue weighted by Gasteiger charge is -2.31. The molecule has 1 heterocycles. The number of carbonyl (C=O) groups excluding carboxylic acids is 8. The summed E-state index contributed by atoms with van der Waals surface area (Å²) in [6, 6.07) is -0.783. The van der Waals surface area contributed by atoms with Crippen LogP contribution in [0.25, 0.3) is 0 Å². The van der Waals surface area contributed by atoms with Gasteiger partial charge in [0.25, 0.3) is 11.3 Å². The molecule has 3 amide bonds. The van der Waals surface area contributed by atoms with Crippen LogP contribution in [0.4, 0.5) is 0 Å². The van der Waals surface area contributed by atoms with E-state index in [1.54, 1.807) is 0 Å². The summed E-state index contributed by atoms with van der Waals surface area (Å²) in [5.41, 5.74) is 0. The highest BCUT2D eigenvalue weighted by Gasteiger charge is 2.58. The Morgan fingerprint density at radius 3 is 1.10 bits per heavy atom. The predicted octanol–water partition coefficient (Wildman–Crippen LogP) is 12.9. The molecule has 123 heavy (non-hydrogen) atoms. The first-order valence-corrected chi connectivity index (χ1v) is 48.7. The summed E-state index contributed by atoms with van der Waals surface area (Å²) in [4.78, 5) is 126. The predicted molar refractivity (Wildman–Crippen MR) is 457 cm³/mol. The lowest BCUT2D eigenvalue weighted by molar-refractivity contribution is -0.160. The number of hydrogen-bond donors (Lipinski definition) is 7. The van der Waals surface area contributed by atoms with E-state index in [2.05, 4.69) is 112 Å². The summed E-state index contributed by atoms with van der Waals surface area (Å²) in [6.45, 7) is 37.2. The largest absolute Gasteiger partial charge is 0.480 e. The summed E-state index contributed by atoms with van der Waals surface area (Å²) >= 11 is -1.67. The van der Waals surface area contributed by atoms with E-state index in [4.69, 9.17) is 57.8 Å². The molecule has 14 bridgehead atoms. The van der Waals surface area contributed by atoms with Crippen molar-refractivity contribution < 1.29 is 115 Å². The smallest absolute Gasteiger partial charge is 0.341 e. The van der Waals surface area contributed by atoms with Gasteiger partial charge in [0, 0.05) is 24.4 Å². The molecule has 38 unspecified atom stereocenters. The summed E-state index contributed by atoms with van der Waals surface area (Å²) in [6.07, 6.45) is 20.3. The maximum atomic E-state index is 12.4. The summed E-state index contributed by atoms with van der Waals surface area (Å²) in [5.74, 6) is 14.0. The molecule has 0 spiro atoms. The molecule has 15 aliphatic carbocycles. The number of aliphatic hydroxyl groups excluding tert-OH is 1. The van der Waals surface area contributed by atoms with Crippen LogP contribution in [0, 0.1) is 207 Å². The summed E-state index contributed by atoms with van der Waals surface area (Å²) in [5, 5.41) is 39.4. The molecular formula is C95H153N3O24S. The van der Waals surface area contributed by atoms with Crippen molar-refractivity contribution in [2.24, 2.45) is 207 Å². The van der Waals surface area contributed by atoms with Crippen LogP contribution in [0.5, 0.6) is 0 Å². The minimum Gasteiger partial charge on any atom is -0.480 e. The van der Waals surface area contributed by atoms with Crippen molar-refractivity contribution in [2.45, 2.75) is 257 Å². The number of carbonyl (C=O) groups is 11. The van der Waals surface area contributed by atoms with E-state index < -0.39 is 41.8 Å². The molecule has 27 nitrogen and oxygen atoms in total. The van der Waals surface area contributed by atoms with Crippen LogP contribution in [0.3, 0.4) is 0 Å². The van der Waals surface area contributed by atoms with E-state index in [9.17, 15) is 56.9 Å². The maximum absolute atomic E-state index is 12.4. The Kier molecular flexibility index (Phi) is 36.3. The fraction of sp³-hybridized carbons (Fsp3) is 0.884. The van der Waals surface area contributed by atoms with Gasteiger partial charge in [0.2, 0.25) is 17.7 Å². The Morgan fingerprint density at radius 2 is 0.764 bits per heavy atom. The van der Waals surface area contributed by atoms with Crippen molar-refractivity contribution >= 4 is 76.7 Å². The zero-order valence-corrected chi connectivity index (χ0v) is 77.3. The lowest BCUT2D eigenvalue weighted by Crippen LogP contribution is -2.44. The number of amides is 3. The van der Waals surface area contributed by atoms with E-state index in [0.717, 1.165) is 126 Å². The average molecular weight is 1750 g/mol. The molecule has 7 N–H and O–H groups in total. The molecule has 1 aliphatic heterocycles. The monoisotopic (exact) mass is 1750 g/mol. The molecule has 28 heteroatoms. The molecule has 16 aliphatic rings. The van der Waals surface area contributed by atoms with Crippen LogP contribution in [0.2, 0.25) is 0 Å². The van der Waals surface area contributed by atoms with Crippen LogP contribution < -0.4 is 15.4 Å². The SMILES string of the molecule is CC(NC(=O)C1CC2CC1C(C)C2C)C(=O)O.CC1C2CC(C(=O)NCC(=O)O)C(C2)C1C.CC1C2CC(C(=O)NS(=O)OC3CCCCC3)C(C2)C1C.CC1C2CC(C(=O)OC3COC(=O)C3)C(C2)C1C.CC1C2CC(C(=O)OCC(=O)O)C(C2)C1C.CC1C2CC(C(=O)OCCOCCO)C(C2)C1C.CCOCCOC(=O)C1CC2CC1C(C)C2C. The third kappa shape index (κ3) is 24.2. The number of nitrogens with one attached hydrogen (secondary N) is 3. The number of aliphatic hydroxyl groups is 1. The fourth-order valence-corrected chi connectivity index (χ4v) is 27.5. The maximum Gasteiger partial charge on any atom is 0.341 e. The number of carboxylic acid groups (broad SMARTS) is 3. The minimum absolute atomic E-state index is 0.00965. The van der Waals surface area contributed by atoms with Gasteiger partial charge in [-0.25, -0.2) is 9.00 Å². The number of carboxylic acids is 3. The second-order valence-corrected chi connectivity index (χ2v) is 42.0.